The van der Waals surface area contributed by atoms with Gasteiger partial charge in [0, 0.05) is 6.20 Å². The van der Waals surface area contributed by atoms with Gasteiger partial charge in [-0.15, -0.1) is 11.3 Å². The van der Waals surface area contributed by atoms with Gasteiger partial charge < -0.3 is 5.11 Å². The number of aromatic nitrogens is 2. The summed E-state index contributed by atoms with van der Waals surface area (Å²) in [6, 6.07) is 5.54. The Kier molecular flexibility index (Phi) is 3.31. The highest BCUT2D eigenvalue weighted by atomic mass is 79.9. The van der Waals surface area contributed by atoms with Crippen LogP contribution in [-0.4, -0.2) is 21.0 Å². The van der Waals surface area contributed by atoms with Gasteiger partial charge in [-0.2, -0.15) is 0 Å². The summed E-state index contributed by atoms with van der Waals surface area (Å²) >= 11 is 4.70. The fraction of sp³-hybridized carbons (Fsp3) is 0.100. The van der Waals surface area contributed by atoms with Crippen LogP contribution in [0.3, 0.4) is 0 Å². The van der Waals surface area contributed by atoms with Crippen LogP contribution in [0.25, 0.3) is 10.7 Å². The molecule has 6 heteroatoms. The van der Waals surface area contributed by atoms with E-state index in [9.17, 15) is 4.79 Å². The van der Waals surface area contributed by atoms with Crippen molar-refractivity contribution in [1.82, 2.24) is 9.97 Å². The van der Waals surface area contributed by atoms with Crippen molar-refractivity contribution in [2.45, 2.75) is 6.42 Å². The van der Waals surface area contributed by atoms with E-state index >= 15 is 0 Å². The molecule has 2 aromatic rings. The predicted molar refractivity (Wildman–Crippen MR) is 64.4 cm³/mol. The van der Waals surface area contributed by atoms with E-state index in [4.69, 9.17) is 5.11 Å². The van der Waals surface area contributed by atoms with Crippen LogP contribution in [0.2, 0.25) is 0 Å². The average Bonchev–Trinajstić information content (AvgIpc) is 2.61. The molecule has 0 spiro atoms. The number of hydrogen-bond donors (Lipinski definition) is 1. The molecule has 0 aliphatic rings. The molecule has 0 aliphatic carbocycles. The first-order chi connectivity index (χ1) is 7.66. The minimum absolute atomic E-state index is 0.0794. The Bertz CT molecular complexity index is 513. The van der Waals surface area contributed by atoms with E-state index in [1.54, 1.807) is 6.20 Å². The first-order valence-electron chi connectivity index (χ1n) is 4.45. The van der Waals surface area contributed by atoms with Gasteiger partial charge in [-0.3, -0.25) is 9.78 Å². The molecule has 0 amide bonds. The van der Waals surface area contributed by atoms with Crippen LogP contribution in [0.15, 0.2) is 28.2 Å². The van der Waals surface area contributed by atoms with E-state index in [1.165, 1.54) is 11.3 Å². The highest BCUT2D eigenvalue weighted by Gasteiger charge is 2.13. The molecule has 0 radical (unpaired) electrons. The SMILES string of the molecule is O=C(O)Cc1nc(-c2ccccn2)sc1Br. The van der Waals surface area contributed by atoms with E-state index in [1.807, 2.05) is 18.2 Å². The number of carboxylic acid groups (broad SMARTS) is 1. The summed E-state index contributed by atoms with van der Waals surface area (Å²) in [5.74, 6) is -0.890. The zero-order valence-electron chi connectivity index (χ0n) is 8.05. The van der Waals surface area contributed by atoms with Gasteiger partial charge in [0.1, 0.15) is 5.01 Å². The van der Waals surface area contributed by atoms with E-state index in [2.05, 4.69) is 25.9 Å². The second-order valence-corrected chi connectivity index (χ2v) is 5.34. The van der Waals surface area contributed by atoms with Crippen LogP contribution >= 0.6 is 27.3 Å². The molecular weight excluding hydrogens is 292 g/mol. The van der Waals surface area contributed by atoms with Gasteiger partial charge in [-0.25, -0.2) is 4.98 Å². The number of hydrogen-bond acceptors (Lipinski definition) is 4. The topological polar surface area (TPSA) is 63.1 Å². The third-order valence-electron chi connectivity index (χ3n) is 1.85. The molecule has 0 atom stereocenters. The van der Waals surface area contributed by atoms with Crippen molar-refractivity contribution >= 4 is 33.2 Å². The Morgan fingerprint density at radius 2 is 2.31 bits per heavy atom. The molecule has 0 unspecified atom stereocenters. The summed E-state index contributed by atoms with van der Waals surface area (Å²) in [5, 5.41) is 9.43. The fourth-order valence-electron chi connectivity index (χ4n) is 1.18. The zero-order valence-corrected chi connectivity index (χ0v) is 10.5. The quantitative estimate of drug-likeness (QED) is 0.946. The van der Waals surface area contributed by atoms with Gasteiger partial charge in [0.05, 0.1) is 21.6 Å². The third kappa shape index (κ3) is 2.45. The van der Waals surface area contributed by atoms with E-state index < -0.39 is 5.97 Å². The molecule has 0 bridgehead atoms. The van der Waals surface area contributed by atoms with Crippen LogP contribution in [0.1, 0.15) is 5.69 Å². The fourth-order valence-corrected chi connectivity index (χ4v) is 2.66. The molecular formula is C10H7BrN2O2S. The van der Waals surface area contributed by atoms with Gasteiger partial charge >= 0.3 is 5.97 Å². The van der Waals surface area contributed by atoms with Gasteiger partial charge in [0.25, 0.3) is 0 Å². The van der Waals surface area contributed by atoms with Crippen LogP contribution in [0.4, 0.5) is 0 Å². The molecule has 2 heterocycles. The van der Waals surface area contributed by atoms with Crippen molar-refractivity contribution < 1.29 is 9.90 Å². The van der Waals surface area contributed by atoms with E-state index in [0.29, 0.717) is 5.69 Å². The molecule has 2 aromatic heterocycles. The smallest absolute Gasteiger partial charge is 0.309 e. The van der Waals surface area contributed by atoms with Gasteiger partial charge in [0.15, 0.2) is 0 Å². The van der Waals surface area contributed by atoms with Crippen molar-refractivity contribution in [3.63, 3.8) is 0 Å². The van der Waals surface area contributed by atoms with Crippen LogP contribution in [0.5, 0.6) is 0 Å². The van der Waals surface area contributed by atoms with Crippen LogP contribution in [-0.2, 0) is 11.2 Å². The number of thiazole rings is 1. The lowest BCUT2D eigenvalue weighted by Gasteiger charge is -1.92. The van der Waals surface area contributed by atoms with Crippen molar-refractivity contribution in [3.8, 4) is 10.7 Å². The first kappa shape index (κ1) is 11.2. The molecule has 0 saturated heterocycles. The zero-order chi connectivity index (χ0) is 11.5. The summed E-state index contributed by atoms with van der Waals surface area (Å²) in [4.78, 5) is 19.0. The van der Waals surface area contributed by atoms with Crippen molar-refractivity contribution in [2.24, 2.45) is 0 Å². The highest BCUT2D eigenvalue weighted by molar-refractivity contribution is 9.11. The maximum Gasteiger partial charge on any atom is 0.309 e. The van der Waals surface area contributed by atoms with Gasteiger partial charge in [-0.05, 0) is 28.1 Å². The van der Waals surface area contributed by atoms with Crippen molar-refractivity contribution in [2.75, 3.05) is 0 Å². The first-order valence-corrected chi connectivity index (χ1v) is 6.06. The summed E-state index contributed by atoms with van der Waals surface area (Å²) in [5.41, 5.74) is 1.29. The molecule has 2 rings (SSSR count). The summed E-state index contributed by atoms with van der Waals surface area (Å²) in [6.45, 7) is 0. The molecule has 0 saturated carbocycles. The Hall–Kier alpha value is -1.27. The Morgan fingerprint density at radius 3 is 2.94 bits per heavy atom. The van der Waals surface area contributed by atoms with E-state index in [0.717, 1.165) is 14.5 Å². The monoisotopic (exact) mass is 298 g/mol. The molecule has 0 aliphatic heterocycles. The summed E-state index contributed by atoms with van der Waals surface area (Å²) in [7, 11) is 0. The maximum absolute atomic E-state index is 10.6. The normalized spacial score (nSPS) is 10.3. The molecule has 16 heavy (non-hydrogen) atoms. The number of carbonyl (C=O) groups is 1. The highest BCUT2D eigenvalue weighted by Crippen LogP contribution is 2.31. The number of halogens is 1. The lowest BCUT2D eigenvalue weighted by atomic mass is 10.3. The second kappa shape index (κ2) is 4.71. The maximum atomic E-state index is 10.6. The van der Waals surface area contributed by atoms with Crippen LogP contribution < -0.4 is 0 Å². The predicted octanol–water partition coefficient (Wildman–Crippen LogP) is 2.59. The number of aliphatic carboxylic acids is 1. The third-order valence-corrected chi connectivity index (χ3v) is 3.70. The molecule has 0 fully saturated rings. The largest absolute Gasteiger partial charge is 0.481 e. The van der Waals surface area contributed by atoms with Gasteiger partial charge in [-0.1, -0.05) is 6.07 Å². The van der Waals surface area contributed by atoms with Crippen LogP contribution in [0, 0.1) is 0 Å². The Morgan fingerprint density at radius 1 is 1.50 bits per heavy atom. The molecule has 1 N–H and O–H groups in total. The van der Waals surface area contributed by atoms with Gasteiger partial charge in [0.2, 0.25) is 0 Å². The number of nitrogens with zero attached hydrogens (tertiary/aromatic N) is 2. The minimum Gasteiger partial charge on any atom is -0.481 e. The average molecular weight is 299 g/mol. The van der Waals surface area contributed by atoms with Crippen molar-refractivity contribution in [1.29, 1.82) is 0 Å². The summed E-state index contributed by atoms with van der Waals surface area (Å²) in [6.07, 6.45) is 1.60. The number of pyridine rings is 1. The Labute approximate surface area is 104 Å². The minimum atomic E-state index is -0.890. The molecule has 4 nitrogen and oxygen atoms in total. The second-order valence-electron chi connectivity index (χ2n) is 3.02. The standard InChI is InChI=1S/C10H7BrN2O2S/c11-9-7(5-8(14)15)13-10(16-9)6-3-1-2-4-12-6/h1-4H,5H2,(H,14,15). The molecule has 0 aromatic carbocycles. The summed E-state index contributed by atoms with van der Waals surface area (Å²) < 4.78 is 0.746. The lowest BCUT2D eigenvalue weighted by Crippen LogP contribution is -2.00. The lowest BCUT2D eigenvalue weighted by molar-refractivity contribution is -0.136. The van der Waals surface area contributed by atoms with Crippen molar-refractivity contribution in [3.05, 3.63) is 33.9 Å². The molecule has 82 valence electrons. The van der Waals surface area contributed by atoms with E-state index in [-0.39, 0.29) is 6.42 Å². The Balaban J connectivity index is 2.34. The number of carboxylic acids is 1. The number of rotatable bonds is 3.